The van der Waals surface area contributed by atoms with E-state index >= 15 is 0 Å². The summed E-state index contributed by atoms with van der Waals surface area (Å²) < 4.78 is 35.5. The zero-order chi connectivity index (χ0) is 20.6. The fourth-order valence-corrected chi connectivity index (χ4v) is 2.81. The molecule has 7 nitrogen and oxygen atoms in total. The molecule has 0 heterocycles. The van der Waals surface area contributed by atoms with Crippen LogP contribution in [-0.2, 0) is 14.8 Å². The first-order chi connectivity index (χ1) is 13.3. The Morgan fingerprint density at radius 3 is 2.39 bits per heavy atom. The summed E-state index contributed by atoms with van der Waals surface area (Å²) >= 11 is 0. The summed E-state index contributed by atoms with van der Waals surface area (Å²) in [6.45, 7) is 3.97. The Labute approximate surface area is 164 Å². The highest BCUT2D eigenvalue weighted by Crippen LogP contribution is 2.28. The minimum atomic E-state index is -3.34. The SMILES string of the molecule is C=CCOc1ccc(/C=C/C(=O)Nc2ccc(NS(C)(=O)=O)cc2)cc1OC. The maximum absolute atomic E-state index is 12.1. The number of hydrogen-bond donors (Lipinski definition) is 2. The third-order valence-corrected chi connectivity index (χ3v) is 4.03. The number of carbonyl (C=O) groups is 1. The van der Waals surface area contributed by atoms with E-state index < -0.39 is 10.0 Å². The molecule has 1 amide bonds. The van der Waals surface area contributed by atoms with Gasteiger partial charge in [0.05, 0.1) is 13.4 Å². The van der Waals surface area contributed by atoms with Gasteiger partial charge in [-0.1, -0.05) is 18.7 Å². The number of anilines is 2. The van der Waals surface area contributed by atoms with Gasteiger partial charge in [0.1, 0.15) is 6.61 Å². The van der Waals surface area contributed by atoms with Crippen molar-refractivity contribution < 1.29 is 22.7 Å². The lowest BCUT2D eigenvalue weighted by Crippen LogP contribution is -2.10. The molecule has 0 aliphatic rings. The highest BCUT2D eigenvalue weighted by molar-refractivity contribution is 7.92. The third-order valence-electron chi connectivity index (χ3n) is 3.43. The lowest BCUT2D eigenvalue weighted by molar-refractivity contribution is -0.111. The number of rotatable bonds is 9. The summed E-state index contributed by atoms with van der Waals surface area (Å²) in [6, 6.07) is 11.7. The Bertz CT molecular complexity index is 967. The largest absolute Gasteiger partial charge is 0.493 e. The van der Waals surface area contributed by atoms with Crippen LogP contribution in [-0.4, -0.2) is 34.3 Å². The van der Waals surface area contributed by atoms with Crippen LogP contribution in [0.3, 0.4) is 0 Å². The van der Waals surface area contributed by atoms with E-state index in [0.29, 0.717) is 29.5 Å². The molecule has 0 aliphatic heterocycles. The summed E-state index contributed by atoms with van der Waals surface area (Å²) in [5.41, 5.74) is 1.73. The summed E-state index contributed by atoms with van der Waals surface area (Å²) in [5.74, 6) is 0.819. The van der Waals surface area contributed by atoms with Gasteiger partial charge in [0, 0.05) is 17.5 Å². The molecule has 8 heteroatoms. The van der Waals surface area contributed by atoms with Gasteiger partial charge in [-0.05, 0) is 48.0 Å². The van der Waals surface area contributed by atoms with Gasteiger partial charge in [0.25, 0.3) is 0 Å². The predicted molar refractivity (Wildman–Crippen MR) is 111 cm³/mol. The number of carbonyl (C=O) groups excluding carboxylic acids is 1. The zero-order valence-corrected chi connectivity index (χ0v) is 16.5. The first-order valence-corrected chi connectivity index (χ1v) is 10.2. The Morgan fingerprint density at radius 1 is 1.11 bits per heavy atom. The number of benzene rings is 2. The van der Waals surface area contributed by atoms with Crippen molar-refractivity contribution in [2.24, 2.45) is 0 Å². The fourth-order valence-electron chi connectivity index (χ4n) is 2.25. The summed E-state index contributed by atoms with van der Waals surface area (Å²) in [4.78, 5) is 12.1. The second kappa shape index (κ2) is 9.61. The molecule has 0 radical (unpaired) electrons. The van der Waals surface area contributed by atoms with E-state index in [1.54, 1.807) is 61.7 Å². The molecule has 0 unspecified atom stereocenters. The lowest BCUT2D eigenvalue weighted by Gasteiger charge is -2.09. The van der Waals surface area contributed by atoms with Gasteiger partial charge in [-0.3, -0.25) is 9.52 Å². The van der Waals surface area contributed by atoms with Crippen LogP contribution < -0.4 is 19.5 Å². The molecule has 0 saturated heterocycles. The van der Waals surface area contributed by atoms with E-state index in [-0.39, 0.29) is 5.91 Å². The van der Waals surface area contributed by atoms with Crippen molar-refractivity contribution in [3.63, 3.8) is 0 Å². The first-order valence-electron chi connectivity index (χ1n) is 8.29. The minimum Gasteiger partial charge on any atom is -0.493 e. The number of methoxy groups -OCH3 is 1. The number of hydrogen-bond acceptors (Lipinski definition) is 5. The van der Waals surface area contributed by atoms with Crippen LogP contribution in [0.25, 0.3) is 6.08 Å². The Hall–Kier alpha value is -3.26. The van der Waals surface area contributed by atoms with Gasteiger partial charge < -0.3 is 14.8 Å². The molecular weight excluding hydrogens is 380 g/mol. The molecule has 0 bridgehead atoms. The molecule has 0 atom stereocenters. The molecule has 2 aromatic carbocycles. The summed E-state index contributed by atoms with van der Waals surface area (Å²) in [6.07, 6.45) is 5.75. The molecule has 2 N–H and O–H groups in total. The summed E-state index contributed by atoms with van der Waals surface area (Å²) in [5, 5.41) is 2.70. The molecular formula is C20H22N2O5S. The predicted octanol–water partition coefficient (Wildman–Crippen LogP) is 3.28. The molecule has 28 heavy (non-hydrogen) atoms. The van der Waals surface area contributed by atoms with Crippen LogP contribution in [0.1, 0.15) is 5.56 Å². The van der Waals surface area contributed by atoms with Crippen molar-refractivity contribution in [2.45, 2.75) is 0 Å². The van der Waals surface area contributed by atoms with Crippen molar-refractivity contribution in [2.75, 3.05) is 30.0 Å². The quantitative estimate of drug-likeness (QED) is 0.496. The summed E-state index contributed by atoms with van der Waals surface area (Å²) in [7, 11) is -1.80. The molecule has 2 aromatic rings. The standard InChI is InChI=1S/C20H22N2O5S/c1-4-13-27-18-11-5-15(14-19(18)26-2)6-12-20(23)21-16-7-9-17(10-8-16)22-28(3,24)25/h4-12,14,22H,1,13H2,2-3H3,(H,21,23)/b12-6+. The first kappa shape index (κ1) is 21.0. The number of amides is 1. The van der Waals surface area contributed by atoms with Gasteiger partial charge in [-0.2, -0.15) is 0 Å². The maximum Gasteiger partial charge on any atom is 0.248 e. The van der Waals surface area contributed by atoms with Crippen LogP contribution in [0.5, 0.6) is 11.5 Å². The van der Waals surface area contributed by atoms with Crippen LogP contribution in [0, 0.1) is 0 Å². The Kier molecular flexibility index (Phi) is 7.22. The van der Waals surface area contributed by atoms with Gasteiger partial charge >= 0.3 is 0 Å². The molecule has 2 rings (SSSR count). The second-order valence-electron chi connectivity index (χ2n) is 5.78. The van der Waals surface area contributed by atoms with Crippen molar-refractivity contribution in [3.05, 3.63) is 66.8 Å². The van der Waals surface area contributed by atoms with Crippen molar-refractivity contribution in [3.8, 4) is 11.5 Å². The van der Waals surface area contributed by atoms with E-state index in [4.69, 9.17) is 9.47 Å². The monoisotopic (exact) mass is 402 g/mol. The van der Waals surface area contributed by atoms with Gasteiger partial charge in [-0.25, -0.2) is 8.42 Å². The van der Waals surface area contributed by atoms with Crippen LogP contribution in [0.2, 0.25) is 0 Å². The average molecular weight is 402 g/mol. The molecule has 0 spiro atoms. The van der Waals surface area contributed by atoms with E-state index in [1.807, 2.05) is 0 Å². The lowest BCUT2D eigenvalue weighted by atomic mass is 10.2. The fraction of sp³-hybridized carbons (Fsp3) is 0.150. The molecule has 0 saturated carbocycles. The highest BCUT2D eigenvalue weighted by Gasteiger charge is 2.05. The highest BCUT2D eigenvalue weighted by atomic mass is 32.2. The van der Waals surface area contributed by atoms with E-state index in [0.717, 1.165) is 11.8 Å². The van der Waals surface area contributed by atoms with Crippen LogP contribution in [0.4, 0.5) is 11.4 Å². The smallest absolute Gasteiger partial charge is 0.248 e. The number of sulfonamides is 1. The van der Waals surface area contributed by atoms with Crippen molar-refractivity contribution in [1.82, 2.24) is 0 Å². The average Bonchev–Trinajstić information content (AvgIpc) is 2.65. The minimum absolute atomic E-state index is 0.324. The second-order valence-corrected chi connectivity index (χ2v) is 7.53. The topological polar surface area (TPSA) is 93.7 Å². The molecule has 0 aromatic heterocycles. The maximum atomic E-state index is 12.1. The van der Waals surface area contributed by atoms with Gasteiger partial charge in [0.2, 0.25) is 15.9 Å². The Morgan fingerprint density at radius 2 is 1.79 bits per heavy atom. The number of nitrogens with one attached hydrogen (secondary N) is 2. The Balaban J connectivity index is 2.00. The van der Waals surface area contributed by atoms with Crippen LogP contribution >= 0.6 is 0 Å². The van der Waals surface area contributed by atoms with Gasteiger partial charge in [-0.15, -0.1) is 0 Å². The molecule has 0 fully saturated rings. The van der Waals surface area contributed by atoms with Crippen molar-refractivity contribution in [1.29, 1.82) is 0 Å². The van der Waals surface area contributed by atoms with E-state index in [2.05, 4.69) is 16.6 Å². The van der Waals surface area contributed by atoms with Crippen LogP contribution in [0.15, 0.2) is 61.2 Å². The van der Waals surface area contributed by atoms with Gasteiger partial charge in [0.15, 0.2) is 11.5 Å². The van der Waals surface area contributed by atoms with E-state index in [1.165, 1.54) is 6.08 Å². The number of ether oxygens (including phenoxy) is 2. The normalized spacial score (nSPS) is 11.1. The molecule has 0 aliphatic carbocycles. The third kappa shape index (κ3) is 6.81. The van der Waals surface area contributed by atoms with E-state index in [9.17, 15) is 13.2 Å². The zero-order valence-electron chi connectivity index (χ0n) is 15.6. The van der Waals surface area contributed by atoms with Crippen molar-refractivity contribution >= 4 is 33.4 Å². The molecule has 148 valence electrons.